The van der Waals surface area contributed by atoms with E-state index in [0.717, 1.165) is 19.5 Å². The first-order chi connectivity index (χ1) is 9.11. The van der Waals surface area contributed by atoms with Crippen molar-refractivity contribution in [3.63, 3.8) is 0 Å². The molecule has 2 rings (SSSR count). The molecule has 3 N–H and O–H groups in total. The molecular weight excluding hydrogens is 324 g/mol. The van der Waals surface area contributed by atoms with E-state index >= 15 is 0 Å². The summed E-state index contributed by atoms with van der Waals surface area (Å²) in [5.41, 5.74) is 3.03. The molecule has 1 aliphatic rings. The molecule has 6 heteroatoms. The topological polar surface area (TPSA) is 44.5 Å². The van der Waals surface area contributed by atoms with Crippen LogP contribution in [0.1, 0.15) is 11.3 Å². The summed E-state index contributed by atoms with van der Waals surface area (Å²) in [5.74, 6) is 5.82. The van der Waals surface area contributed by atoms with Crippen LogP contribution in [0.4, 0.5) is 0 Å². The predicted octanol–water partition coefficient (Wildman–Crippen LogP) is 1.52. The fourth-order valence-corrected chi connectivity index (χ4v) is 4.29. The third-order valence-corrected chi connectivity index (χ3v) is 5.84. The van der Waals surface area contributed by atoms with Crippen LogP contribution in [0.25, 0.3) is 0 Å². The lowest BCUT2D eigenvalue weighted by atomic mass is 10.0. The third kappa shape index (κ3) is 4.00. The Morgan fingerprint density at radius 2 is 2.32 bits per heavy atom. The van der Waals surface area contributed by atoms with Gasteiger partial charge >= 0.3 is 0 Å². The summed E-state index contributed by atoms with van der Waals surface area (Å²) in [4.78, 5) is 6.21. The maximum absolute atomic E-state index is 5.82. The Balaban J connectivity index is 2.08. The van der Waals surface area contributed by atoms with E-state index < -0.39 is 0 Å². The average Bonchev–Trinajstić information content (AvgIpc) is 2.70. The highest BCUT2D eigenvalue weighted by Gasteiger charge is 2.28. The van der Waals surface area contributed by atoms with Gasteiger partial charge in [-0.15, -0.1) is 11.3 Å². The van der Waals surface area contributed by atoms with Gasteiger partial charge in [0.05, 0.1) is 0 Å². The molecule has 1 aromatic heterocycles. The first-order valence-corrected chi connectivity index (χ1v) is 8.36. The standard InChI is InChI=1S/C13H23BrN4S/c1-17-5-3-6-18(2)12(9-17)11(16-15)8-13-10(14)4-7-19-13/h4,7,11-12,16H,3,5-6,8-9,15H2,1-2H3. The maximum atomic E-state index is 5.82. The minimum atomic E-state index is 0.278. The van der Waals surface area contributed by atoms with Gasteiger partial charge in [-0.1, -0.05) is 0 Å². The molecular formula is C13H23BrN4S. The minimum absolute atomic E-state index is 0.278. The second kappa shape index (κ2) is 7.15. The highest BCUT2D eigenvalue weighted by Crippen LogP contribution is 2.25. The molecule has 4 nitrogen and oxygen atoms in total. The number of likely N-dealkylation sites (N-methyl/N-ethyl adjacent to an activating group) is 2. The normalized spacial score (nSPS) is 24.3. The summed E-state index contributed by atoms with van der Waals surface area (Å²) in [6, 6.07) is 2.84. The van der Waals surface area contributed by atoms with Gasteiger partial charge in [0.1, 0.15) is 0 Å². The number of hydrogen-bond donors (Lipinski definition) is 2. The first kappa shape index (κ1) is 15.4. The zero-order valence-electron chi connectivity index (χ0n) is 11.6. The van der Waals surface area contributed by atoms with Crippen molar-refractivity contribution in [2.24, 2.45) is 5.84 Å². The van der Waals surface area contributed by atoms with Gasteiger partial charge in [0.15, 0.2) is 0 Å². The molecule has 0 radical (unpaired) electrons. The number of hydrogen-bond acceptors (Lipinski definition) is 5. The van der Waals surface area contributed by atoms with Gasteiger partial charge in [-0.2, -0.15) is 0 Å². The Kier molecular flexibility index (Phi) is 5.80. The summed E-state index contributed by atoms with van der Waals surface area (Å²) in [5, 5.41) is 2.12. The van der Waals surface area contributed by atoms with Crippen molar-refractivity contribution in [3.05, 3.63) is 20.8 Å². The molecule has 19 heavy (non-hydrogen) atoms. The van der Waals surface area contributed by atoms with Crippen LogP contribution >= 0.6 is 27.3 Å². The molecule has 2 atom stereocenters. The summed E-state index contributed by atoms with van der Waals surface area (Å²) >= 11 is 5.40. The van der Waals surface area contributed by atoms with Crippen LogP contribution in [0.5, 0.6) is 0 Å². The van der Waals surface area contributed by atoms with Crippen molar-refractivity contribution in [2.45, 2.75) is 24.9 Å². The van der Waals surface area contributed by atoms with E-state index in [1.165, 1.54) is 22.3 Å². The van der Waals surface area contributed by atoms with Crippen molar-refractivity contribution < 1.29 is 0 Å². The monoisotopic (exact) mass is 346 g/mol. The second-order valence-corrected chi connectivity index (χ2v) is 7.19. The molecule has 1 fully saturated rings. The number of nitrogens with two attached hydrogens (primary N) is 1. The van der Waals surface area contributed by atoms with Gasteiger partial charge in [0.25, 0.3) is 0 Å². The molecule has 2 heterocycles. The Hall–Kier alpha value is 0.0200. The molecule has 0 bridgehead atoms. The zero-order chi connectivity index (χ0) is 13.8. The van der Waals surface area contributed by atoms with Gasteiger partial charge in [-0.3, -0.25) is 11.3 Å². The Bertz CT molecular complexity index is 398. The molecule has 0 aliphatic carbocycles. The lowest BCUT2D eigenvalue weighted by Crippen LogP contribution is -2.55. The van der Waals surface area contributed by atoms with E-state index in [-0.39, 0.29) is 6.04 Å². The number of nitrogens with zero attached hydrogens (tertiary/aromatic N) is 2. The zero-order valence-corrected chi connectivity index (χ0v) is 14.0. The predicted molar refractivity (Wildman–Crippen MR) is 85.4 cm³/mol. The number of thiophene rings is 1. The number of rotatable bonds is 4. The van der Waals surface area contributed by atoms with Crippen molar-refractivity contribution in [2.75, 3.05) is 33.7 Å². The second-order valence-electron chi connectivity index (χ2n) is 5.33. The van der Waals surface area contributed by atoms with Crippen LogP contribution in [0.3, 0.4) is 0 Å². The highest BCUT2D eigenvalue weighted by atomic mass is 79.9. The van der Waals surface area contributed by atoms with E-state index in [4.69, 9.17) is 5.84 Å². The summed E-state index contributed by atoms with van der Waals surface area (Å²) in [6.07, 6.45) is 2.20. The molecule has 0 aromatic carbocycles. The van der Waals surface area contributed by atoms with Crippen LogP contribution < -0.4 is 11.3 Å². The smallest absolute Gasteiger partial charge is 0.0427 e. The molecule has 0 amide bonds. The Labute approximate surface area is 128 Å². The third-order valence-electron chi connectivity index (χ3n) is 3.89. The fourth-order valence-electron chi connectivity index (χ4n) is 2.72. The van der Waals surface area contributed by atoms with Crippen molar-refractivity contribution in [1.29, 1.82) is 0 Å². The van der Waals surface area contributed by atoms with Crippen molar-refractivity contribution in [3.8, 4) is 0 Å². The van der Waals surface area contributed by atoms with Crippen LogP contribution in [0.2, 0.25) is 0 Å². The molecule has 2 unspecified atom stereocenters. The van der Waals surface area contributed by atoms with Crippen LogP contribution in [-0.4, -0.2) is 55.6 Å². The average molecular weight is 347 g/mol. The van der Waals surface area contributed by atoms with Crippen LogP contribution in [0.15, 0.2) is 15.9 Å². The minimum Gasteiger partial charge on any atom is -0.305 e. The molecule has 1 aliphatic heterocycles. The summed E-state index contributed by atoms with van der Waals surface area (Å²) < 4.78 is 1.20. The van der Waals surface area contributed by atoms with Gasteiger partial charge in [0.2, 0.25) is 0 Å². The van der Waals surface area contributed by atoms with Gasteiger partial charge in [-0.25, -0.2) is 0 Å². The highest BCUT2D eigenvalue weighted by molar-refractivity contribution is 9.10. The van der Waals surface area contributed by atoms with Gasteiger partial charge < -0.3 is 9.80 Å². The quantitative estimate of drug-likeness (QED) is 0.640. The first-order valence-electron chi connectivity index (χ1n) is 6.68. The van der Waals surface area contributed by atoms with Crippen molar-refractivity contribution >= 4 is 27.3 Å². The molecule has 1 aromatic rings. The van der Waals surface area contributed by atoms with Gasteiger partial charge in [-0.05, 0) is 61.0 Å². The summed E-state index contributed by atoms with van der Waals surface area (Å²) in [7, 11) is 4.40. The Morgan fingerprint density at radius 3 is 2.95 bits per heavy atom. The Morgan fingerprint density at radius 1 is 1.53 bits per heavy atom. The number of nitrogens with one attached hydrogen (secondary N) is 1. The lowest BCUT2D eigenvalue weighted by molar-refractivity contribution is 0.177. The van der Waals surface area contributed by atoms with Crippen molar-refractivity contribution in [1.82, 2.24) is 15.2 Å². The lowest BCUT2D eigenvalue weighted by Gasteiger charge is -2.34. The summed E-state index contributed by atoms with van der Waals surface area (Å²) in [6.45, 7) is 3.37. The maximum Gasteiger partial charge on any atom is 0.0427 e. The van der Waals surface area contributed by atoms with E-state index in [2.05, 4.69) is 56.7 Å². The number of hydrazine groups is 1. The van der Waals surface area contributed by atoms with Crippen LogP contribution in [-0.2, 0) is 6.42 Å². The SMILES string of the molecule is CN1CCCN(C)C(C(Cc2sccc2Br)NN)C1. The largest absolute Gasteiger partial charge is 0.305 e. The van der Waals surface area contributed by atoms with Crippen LogP contribution in [0, 0.1) is 0 Å². The van der Waals surface area contributed by atoms with E-state index in [1.807, 2.05) is 0 Å². The van der Waals surface area contributed by atoms with E-state index in [0.29, 0.717) is 6.04 Å². The van der Waals surface area contributed by atoms with E-state index in [9.17, 15) is 0 Å². The fraction of sp³-hybridized carbons (Fsp3) is 0.692. The number of halogens is 1. The molecule has 108 valence electrons. The molecule has 1 saturated heterocycles. The molecule has 0 spiro atoms. The van der Waals surface area contributed by atoms with Gasteiger partial charge in [0, 0.05) is 34.4 Å². The van der Waals surface area contributed by atoms with E-state index in [1.54, 1.807) is 11.3 Å². The molecule has 0 saturated carbocycles.